The summed E-state index contributed by atoms with van der Waals surface area (Å²) >= 11 is 0. The lowest BCUT2D eigenvalue weighted by atomic mass is 9.72. The van der Waals surface area contributed by atoms with Crippen LogP contribution in [0.4, 0.5) is 0 Å². The molecule has 0 N–H and O–H groups in total. The van der Waals surface area contributed by atoms with Crippen LogP contribution < -0.4 is 0 Å². The van der Waals surface area contributed by atoms with Crippen LogP contribution in [-0.4, -0.2) is 0 Å². The highest BCUT2D eigenvalue weighted by atomic mass is 14.4. The fourth-order valence-corrected chi connectivity index (χ4v) is 2.74. The zero-order valence-corrected chi connectivity index (χ0v) is 6.97. The van der Waals surface area contributed by atoms with Gasteiger partial charge in [0.25, 0.3) is 0 Å². The quantitative estimate of drug-likeness (QED) is 0.522. The average molecular weight is 138 g/mol. The second-order valence-corrected chi connectivity index (χ2v) is 4.26. The van der Waals surface area contributed by atoms with Gasteiger partial charge in [-0.3, -0.25) is 0 Å². The van der Waals surface area contributed by atoms with E-state index in [4.69, 9.17) is 0 Å². The molecule has 0 amide bonds. The van der Waals surface area contributed by atoms with Crippen LogP contribution in [0.3, 0.4) is 0 Å². The number of hydrogen-bond acceptors (Lipinski definition) is 0. The minimum atomic E-state index is 1.06. The van der Waals surface area contributed by atoms with E-state index in [0.29, 0.717) is 0 Å². The summed E-state index contributed by atoms with van der Waals surface area (Å²) < 4.78 is 0. The minimum absolute atomic E-state index is 1.06. The van der Waals surface area contributed by atoms with E-state index in [1.54, 1.807) is 19.3 Å². The molecule has 2 fully saturated rings. The van der Waals surface area contributed by atoms with Gasteiger partial charge in [-0.05, 0) is 24.2 Å². The van der Waals surface area contributed by atoms with E-state index in [1.165, 1.54) is 19.3 Å². The Morgan fingerprint density at radius 2 is 1.60 bits per heavy atom. The third kappa shape index (κ3) is 0.980. The Balaban J connectivity index is 1.90. The van der Waals surface area contributed by atoms with Crippen LogP contribution in [0.1, 0.15) is 45.4 Å². The molecule has 10 heavy (non-hydrogen) atoms. The largest absolute Gasteiger partial charge is 0.0622 e. The SMILES string of the molecule is CC1CCCC1C1CCC1. The maximum Gasteiger partial charge on any atom is -0.0360 e. The molecule has 0 aliphatic heterocycles. The molecule has 0 aromatic heterocycles. The molecule has 2 atom stereocenters. The molecular weight excluding hydrogens is 120 g/mol. The molecule has 0 saturated heterocycles. The summed E-state index contributed by atoms with van der Waals surface area (Å²) in [5, 5.41) is 0. The van der Waals surface area contributed by atoms with Crippen molar-refractivity contribution in [2.24, 2.45) is 17.8 Å². The van der Waals surface area contributed by atoms with Gasteiger partial charge in [-0.1, -0.05) is 39.0 Å². The van der Waals surface area contributed by atoms with Crippen LogP contribution in [-0.2, 0) is 0 Å². The van der Waals surface area contributed by atoms with Crippen molar-refractivity contribution >= 4 is 0 Å². The van der Waals surface area contributed by atoms with Gasteiger partial charge < -0.3 is 0 Å². The van der Waals surface area contributed by atoms with E-state index in [9.17, 15) is 0 Å². The first-order valence-electron chi connectivity index (χ1n) is 4.88. The van der Waals surface area contributed by atoms with Crippen LogP contribution in [0.5, 0.6) is 0 Å². The van der Waals surface area contributed by atoms with Crippen molar-refractivity contribution in [2.75, 3.05) is 0 Å². The molecular formula is C10H18. The summed E-state index contributed by atoms with van der Waals surface area (Å²) in [5.74, 6) is 3.34. The van der Waals surface area contributed by atoms with E-state index >= 15 is 0 Å². The highest BCUT2D eigenvalue weighted by Gasteiger charge is 2.33. The molecule has 2 aliphatic rings. The van der Waals surface area contributed by atoms with Crippen molar-refractivity contribution in [3.63, 3.8) is 0 Å². The van der Waals surface area contributed by atoms with Crippen LogP contribution >= 0.6 is 0 Å². The highest BCUT2D eigenvalue weighted by Crippen LogP contribution is 2.44. The topological polar surface area (TPSA) is 0 Å². The molecule has 0 aromatic carbocycles. The molecule has 0 aromatic rings. The normalized spacial score (nSPS) is 41.7. The lowest BCUT2D eigenvalue weighted by Gasteiger charge is -2.33. The third-order valence-corrected chi connectivity index (χ3v) is 3.68. The monoisotopic (exact) mass is 138 g/mol. The predicted molar refractivity (Wildman–Crippen MR) is 43.8 cm³/mol. The van der Waals surface area contributed by atoms with Crippen molar-refractivity contribution in [1.29, 1.82) is 0 Å². The first-order valence-corrected chi connectivity index (χ1v) is 4.88. The van der Waals surface area contributed by atoms with Crippen molar-refractivity contribution in [3.05, 3.63) is 0 Å². The van der Waals surface area contributed by atoms with E-state index in [1.807, 2.05) is 0 Å². The summed E-state index contributed by atoms with van der Waals surface area (Å²) in [4.78, 5) is 0. The van der Waals surface area contributed by atoms with E-state index in [2.05, 4.69) is 6.92 Å². The summed E-state index contributed by atoms with van der Waals surface area (Å²) in [6, 6.07) is 0. The van der Waals surface area contributed by atoms with E-state index in [-0.39, 0.29) is 0 Å². The van der Waals surface area contributed by atoms with Gasteiger partial charge >= 0.3 is 0 Å². The fourth-order valence-electron chi connectivity index (χ4n) is 2.74. The zero-order chi connectivity index (χ0) is 6.97. The first-order chi connectivity index (χ1) is 4.88. The zero-order valence-electron chi connectivity index (χ0n) is 6.97. The van der Waals surface area contributed by atoms with Gasteiger partial charge in [-0.2, -0.15) is 0 Å². The molecule has 0 radical (unpaired) electrons. The smallest absolute Gasteiger partial charge is 0.0360 e. The maximum absolute atomic E-state index is 2.45. The number of hydrogen-bond donors (Lipinski definition) is 0. The van der Waals surface area contributed by atoms with Crippen LogP contribution in [0.25, 0.3) is 0 Å². The van der Waals surface area contributed by atoms with Gasteiger partial charge in [0.15, 0.2) is 0 Å². The Kier molecular flexibility index (Phi) is 1.71. The van der Waals surface area contributed by atoms with Crippen molar-refractivity contribution in [1.82, 2.24) is 0 Å². The fraction of sp³-hybridized carbons (Fsp3) is 1.00. The second kappa shape index (κ2) is 2.56. The molecule has 2 rings (SSSR count). The summed E-state index contributed by atoms with van der Waals surface area (Å²) in [7, 11) is 0. The Labute approximate surface area is 64.0 Å². The molecule has 0 heteroatoms. The van der Waals surface area contributed by atoms with Gasteiger partial charge in [-0.15, -0.1) is 0 Å². The van der Waals surface area contributed by atoms with Crippen LogP contribution in [0, 0.1) is 17.8 Å². The maximum atomic E-state index is 2.45. The molecule has 0 bridgehead atoms. The average Bonchev–Trinajstić information content (AvgIpc) is 2.12. The highest BCUT2D eigenvalue weighted by molar-refractivity contribution is 4.84. The van der Waals surface area contributed by atoms with E-state index < -0.39 is 0 Å². The molecule has 2 saturated carbocycles. The van der Waals surface area contributed by atoms with Gasteiger partial charge in [0.1, 0.15) is 0 Å². The standard InChI is InChI=1S/C10H18/c1-8-4-2-7-10(8)9-5-3-6-9/h8-10H,2-7H2,1H3. The number of rotatable bonds is 1. The Morgan fingerprint density at radius 3 is 2.00 bits per heavy atom. The summed E-state index contributed by atoms with van der Waals surface area (Å²) in [6.45, 7) is 2.45. The van der Waals surface area contributed by atoms with Crippen LogP contribution in [0.15, 0.2) is 0 Å². The Morgan fingerprint density at radius 1 is 0.900 bits per heavy atom. The molecule has 58 valence electrons. The van der Waals surface area contributed by atoms with Gasteiger partial charge in [0.2, 0.25) is 0 Å². The van der Waals surface area contributed by atoms with Gasteiger partial charge in [0, 0.05) is 0 Å². The Hall–Kier alpha value is 0. The lowest BCUT2D eigenvalue weighted by molar-refractivity contribution is 0.173. The molecule has 2 aliphatic carbocycles. The van der Waals surface area contributed by atoms with E-state index in [0.717, 1.165) is 17.8 Å². The molecule has 0 heterocycles. The molecule has 0 nitrogen and oxygen atoms in total. The molecule has 2 unspecified atom stereocenters. The lowest BCUT2D eigenvalue weighted by Crippen LogP contribution is -2.23. The Bertz CT molecular complexity index is 113. The predicted octanol–water partition coefficient (Wildman–Crippen LogP) is 3.22. The summed E-state index contributed by atoms with van der Waals surface area (Å²) in [6.07, 6.45) is 9.20. The van der Waals surface area contributed by atoms with Crippen molar-refractivity contribution in [3.8, 4) is 0 Å². The first kappa shape index (κ1) is 6.69. The minimum Gasteiger partial charge on any atom is -0.0622 e. The third-order valence-electron chi connectivity index (χ3n) is 3.68. The van der Waals surface area contributed by atoms with Gasteiger partial charge in [0.05, 0.1) is 0 Å². The van der Waals surface area contributed by atoms with Crippen molar-refractivity contribution in [2.45, 2.75) is 45.4 Å². The second-order valence-electron chi connectivity index (χ2n) is 4.26. The summed E-state index contributed by atoms with van der Waals surface area (Å²) in [5.41, 5.74) is 0. The van der Waals surface area contributed by atoms with Crippen molar-refractivity contribution < 1.29 is 0 Å². The molecule has 0 spiro atoms. The van der Waals surface area contributed by atoms with Gasteiger partial charge in [-0.25, -0.2) is 0 Å². The van der Waals surface area contributed by atoms with Crippen LogP contribution in [0.2, 0.25) is 0 Å².